The van der Waals surface area contributed by atoms with Crippen LogP contribution in [0.3, 0.4) is 0 Å². The number of carbonyl (C=O) groups is 1. The molecule has 1 rings (SSSR count). The predicted molar refractivity (Wildman–Crippen MR) is 70.6 cm³/mol. The monoisotopic (exact) mass is 296 g/mol. The fraction of sp³-hybridized carbons (Fsp3) is 0.833. The Hall–Kier alpha value is -0.850. The molecule has 0 radical (unpaired) electrons. The molecule has 0 heterocycles. The van der Waals surface area contributed by atoms with Gasteiger partial charge in [0.1, 0.15) is 0 Å². The normalized spacial score (nSPS) is 18.9. The highest BCUT2D eigenvalue weighted by Crippen LogP contribution is 2.37. The van der Waals surface area contributed by atoms with Gasteiger partial charge >= 0.3 is 6.18 Å². The van der Waals surface area contributed by atoms with Gasteiger partial charge in [-0.15, -0.1) is 0 Å². The Morgan fingerprint density at radius 1 is 1.26 bits per heavy atom. The van der Waals surface area contributed by atoms with E-state index in [-0.39, 0.29) is 23.9 Å². The molecule has 0 aromatic carbocycles. The number of hydrogen-bond acceptors (Lipinski definition) is 2. The van der Waals surface area contributed by atoms with E-state index in [4.69, 9.17) is 18.0 Å². The van der Waals surface area contributed by atoms with Crippen molar-refractivity contribution in [1.29, 1.82) is 0 Å². The lowest BCUT2D eigenvalue weighted by Crippen LogP contribution is -2.50. The first-order chi connectivity index (χ1) is 8.78. The second-order valence-electron chi connectivity index (χ2n) is 4.98. The molecule has 0 aromatic heterocycles. The first-order valence-corrected chi connectivity index (χ1v) is 6.84. The summed E-state index contributed by atoms with van der Waals surface area (Å²) in [6, 6.07) is 0. The molecule has 1 aliphatic rings. The van der Waals surface area contributed by atoms with Crippen LogP contribution in [0.1, 0.15) is 44.9 Å². The van der Waals surface area contributed by atoms with Gasteiger partial charge in [-0.3, -0.25) is 4.79 Å². The Morgan fingerprint density at radius 2 is 1.84 bits per heavy atom. The van der Waals surface area contributed by atoms with Crippen molar-refractivity contribution >= 4 is 23.1 Å². The number of alkyl halides is 3. The van der Waals surface area contributed by atoms with Crippen LogP contribution < -0.4 is 11.1 Å². The third-order valence-corrected chi connectivity index (χ3v) is 3.93. The Labute approximate surface area is 116 Å². The fourth-order valence-electron chi connectivity index (χ4n) is 2.40. The van der Waals surface area contributed by atoms with E-state index < -0.39 is 18.0 Å². The van der Waals surface area contributed by atoms with Gasteiger partial charge in [0.2, 0.25) is 5.91 Å². The number of carbonyl (C=O) groups excluding carboxylic acids is 1. The minimum Gasteiger partial charge on any atom is -0.392 e. The Morgan fingerprint density at radius 3 is 2.32 bits per heavy atom. The lowest BCUT2D eigenvalue weighted by molar-refractivity contribution is -0.137. The largest absolute Gasteiger partial charge is 0.392 e. The maximum Gasteiger partial charge on any atom is 0.389 e. The number of hydrogen-bond donors (Lipinski definition) is 2. The molecule has 0 unspecified atom stereocenters. The summed E-state index contributed by atoms with van der Waals surface area (Å²) in [6.45, 7) is 0.00269. The summed E-state index contributed by atoms with van der Waals surface area (Å²) < 4.78 is 36.0. The average molecular weight is 296 g/mol. The molecular weight excluding hydrogens is 277 g/mol. The number of nitrogens with two attached hydrogens (primary N) is 1. The van der Waals surface area contributed by atoms with Crippen LogP contribution in [-0.2, 0) is 4.79 Å². The maximum atomic E-state index is 12.1. The first-order valence-electron chi connectivity index (χ1n) is 6.43. The van der Waals surface area contributed by atoms with Crippen molar-refractivity contribution in [3.05, 3.63) is 0 Å². The van der Waals surface area contributed by atoms with Crippen LogP contribution in [0.4, 0.5) is 13.2 Å². The zero-order valence-corrected chi connectivity index (χ0v) is 11.5. The maximum absolute atomic E-state index is 12.1. The number of amides is 1. The van der Waals surface area contributed by atoms with Crippen molar-refractivity contribution in [2.75, 3.05) is 6.54 Å². The molecule has 7 heteroatoms. The lowest BCUT2D eigenvalue weighted by Gasteiger charge is -2.34. The van der Waals surface area contributed by atoms with E-state index in [1.165, 1.54) is 0 Å². The van der Waals surface area contributed by atoms with Gasteiger partial charge in [-0.25, -0.2) is 0 Å². The molecule has 110 valence electrons. The van der Waals surface area contributed by atoms with Crippen LogP contribution in [0.25, 0.3) is 0 Å². The minimum absolute atomic E-state index is 0.00269. The average Bonchev–Trinajstić information content (AvgIpc) is 2.33. The molecule has 0 spiro atoms. The van der Waals surface area contributed by atoms with E-state index in [1.807, 2.05) is 0 Å². The summed E-state index contributed by atoms with van der Waals surface area (Å²) in [4.78, 5) is 12.3. The third kappa shape index (κ3) is 4.63. The van der Waals surface area contributed by atoms with Crippen LogP contribution in [-0.4, -0.2) is 23.6 Å². The van der Waals surface area contributed by atoms with Gasteiger partial charge < -0.3 is 11.1 Å². The summed E-state index contributed by atoms with van der Waals surface area (Å²) >= 11 is 4.98. The molecule has 1 saturated carbocycles. The van der Waals surface area contributed by atoms with Crippen molar-refractivity contribution in [1.82, 2.24) is 5.32 Å². The summed E-state index contributed by atoms with van der Waals surface area (Å²) in [6.07, 6.45) is -1.25. The standard InChI is InChI=1S/C12H19F3N2OS/c13-12(14,15)7-4-8-17-10(18)11(9(16)19)5-2-1-3-6-11/h1-8H2,(H2,16,19)(H,17,18). The number of halogens is 3. The highest BCUT2D eigenvalue weighted by atomic mass is 32.1. The van der Waals surface area contributed by atoms with Gasteiger partial charge in [0.05, 0.1) is 10.4 Å². The topological polar surface area (TPSA) is 55.1 Å². The van der Waals surface area contributed by atoms with E-state index in [9.17, 15) is 18.0 Å². The van der Waals surface area contributed by atoms with Crippen molar-refractivity contribution in [3.8, 4) is 0 Å². The number of rotatable bonds is 5. The van der Waals surface area contributed by atoms with E-state index in [1.54, 1.807) is 0 Å². The molecule has 0 atom stereocenters. The van der Waals surface area contributed by atoms with Crippen LogP contribution in [0.5, 0.6) is 0 Å². The number of thiocarbonyl (C=S) groups is 1. The van der Waals surface area contributed by atoms with Crippen molar-refractivity contribution in [3.63, 3.8) is 0 Å². The molecule has 1 fully saturated rings. The van der Waals surface area contributed by atoms with E-state index in [2.05, 4.69) is 5.32 Å². The first kappa shape index (κ1) is 16.2. The Bertz CT molecular complexity index is 338. The quantitative estimate of drug-likeness (QED) is 0.606. The Balaban J connectivity index is 2.48. The van der Waals surface area contributed by atoms with Gasteiger partial charge in [0.15, 0.2) is 0 Å². The van der Waals surface area contributed by atoms with Gasteiger partial charge in [-0.2, -0.15) is 13.2 Å². The molecule has 19 heavy (non-hydrogen) atoms. The molecule has 1 amide bonds. The van der Waals surface area contributed by atoms with Crippen LogP contribution in [0.15, 0.2) is 0 Å². The molecule has 1 aliphatic carbocycles. The predicted octanol–water partition coefficient (Wildman–Crippen LogP) is 2.68. The minimum atomic E-state index is -4.18. The molecule has 0 aliphatic heterocycles. The molecule has 3 N–H and O–H groups in total. The van der Waals surface area contributed by atoms with Gasteiger partial charge in [-0.05, 0) is 19.3 Å². The third-order valence-electron chi connectivity index (χ3n) is 3.54. The van der Waals surface area contributed by atoms with E-state index >= 15 is 0 Å². The highest BCUT2D eigenvalue weighted by Gasteiger charge is 2.42. The SMILES string of the molecule is NC(=S)C1(C(=O)NCCCC(F)(F)F)CCCCC1. The highest BCUT2D eigenvalue weighted by molar-refractivity contribution is 7.80. The zero-order valence-electron chi connectivity index (χ0n) is 10.7. The number of nitrogens with one attached hydrogen (secondary N) is 1. The Kier molecular flexibility index (Phi) is 5.58. The summed E-state index contributed by atoms with van der Waals surface area (Å²) in [5, 5.41) is 2.54. The van der Waals surface area contributed by atoms with Crippen LogP contribution >= 0.6 is 12.2 Å². The van der Waals surface area contributed by atoms with Crippen molar-refractivity contribution in [2.45, 2.75) is 51.1 Å². The fourth-order valence-corrected chi connectivity index (χ4v) is 2.70. The zero-order chi connectivity index (χ0) is 14.5. The van der Waals surface area contributed by atoms with E-state index in [0.717, 1.165) is 19.3 Å². The van der Waals surface area contributed by atoms with Gasteiger partial charge in [0, 0.05) is 13.0 Å². The second-order valence-corrected chi connectivity index (χ2v) is 5.42. The van der Waals surface area contributed by atoms with Gasteiger partial charge in [0.25, 0.3) is 0 Å². The lowest BCUT2D eigenvalue weighted by atomic mass is 9.73. The van der Waals surface area contributed by atoms with Crippen LogP contribution in [0.2, 0.25) is 0 Å². The second kappa shape index (κ2) is 6.54. The van der Waals surface area contributed by atoms with Crippen molar-refractivity contribution in [2.24, 2.45) is 11.1 Å². The van der Waals surface area contributed by atoms with Crippen molar-refractivity contribution < 1.29 is 18.0 Å². The molecule has 3 nitrogen and oxygen atoms in total. The summed E-state index contributed by atoms with van der Waals surface area (Å²) in [5.74, 6) is -0.318. The molecular formula is C12H19F3N2OS. The summed E-state index contributed by atoms with van der Waals surface area (Å²) in [5.41, 5.74) is 4.81. The smallest absolute Gasteiger partial charge is 0.389 e. The molecule has 0 aromatic rings. The molecule has 0 bridgehead atoms. The molecule has 0 saturated heterocycles. The van der Waals surface area contributed by atoms with E-state index in [0.29, 0.717) is 12.8 Å². The summed E-state index contributed by atoms with van der Waals surface area (Å²) in [7, 11) is 0. The van der Waals surface area contributed by atoms with Crippen LogP contribution in [0, 0.1) is 5.41 Å². The van der Waals surface area contributed by atoms with Gasteiger partial charge in [-0.1, -0.05) is 31.5 Å².